The Labute approximate surface area is 147 Å². The Balaban J connectivity index is 2.12. The monoisotopic (exact) mass is 370 g/mol. The van der Waals surface area contributed by atoms with Crippen LogP contribution in [0.4, 0.5) is 19.4 Å². The molecule has 0 unspecified atom stereocenters. The minimum Gasteiger partial charge on any atom is -0.444 e. The van der Waals surface area contributed by atoms with Crippen LogP contribution in [0.2, 0.25) is 0 Å². The maximum absolute atomic E-state index is 14.8. The Morgan fingerprint density at radius 3 is 2.73 bits per heavy atom. The lowest BCUT2D eigenvalue weighted by atomic mass is 10.2. The van der Waals surface area contributed by atoms with Crippen LogP contribution in [0.3, 0.4) is 0 Å². The Bertz CT molecular complexity index is 834. The number of anilines is 1. The fraction of sp³-hybridized carbons (Fsp3) is 0.600. The van der Waals surface area contributed by atoms with Gasteiger partial charge in [-0.15, -0.1) is 0 Å². The number of aliphatic hydroxyl groups excluding tert-OH is 1. The van der Waals surface area contributed by atoms with Gasteiger partial charge in [0.05, 0.1) is 19.0 Å². The Morgan fingerprint density at radius 2 is 2.12 bits per heavy atom. The molecule has 1 fully saturated rings. The number of likely N-dealkylation sites (tertiary alicyclic amines) is 1. The molecule has 0 spiro atoms. The van der Waals surface area contributed by atoms with Crippen LogP contribution in [0, 0.1) is 0 Å². The van der Waals surface area contributed by atoms with Crippen molar-refractivity contribution in [3.8, 4) is 0 Å². The summed E-state index contributed by atoms with van der Waals surface area (Å²) in [6, 6.07) is -1.12. The van der Waals surface area contributed by atoms with Crippen molar-refractivity contribution in [1.82, 2.24) is 24.4 Å². The van der Waals surface area contributed by atoms with Gasteiger partial charge >= 0.3 is 6.09 Å². The number of fused-ring (bicyclic) bond motifs is 1. The van der Waals surface area contributed by atoms with Crippen LogP contribution in [-0.4, -0.2) is 59.8 Å². The summed E-state index contributed by atoms with van der Waals surface area (Å²) in [4.78, 5) is 25.1. The maximum atomic E-state index is 14.8. The number of carbonyl (C=O) groups is 1. The zero-order valence-corrected chi connectivity index (χ0v) is 14.6. The summed E-state index contributed by atoms with van der Waals surface area (Å²) in [6.45, 7) is 4.24. The molecule has 11 heteroatoms. The van der Waals surface area contributed by atoms with Crippen LogP contribution in [0.15, 0.2) is 12.7 Å². The van der Waals surface area contributed by atoms with Gasteiger partial charge in [-0.3, -0.25) is 9.47 Å². The minimum atomic E-state index is -3.35. The number of ether oxygens (including phenoxy) is 1. The van der Waals surface area contributed by atoms with Crippen molar-refractivity contribution in [1.29, 1.82) is 0 Å². The average molecular weight is 370 g/mol. The first-order chi connectivity index (χ1) is 12.0. The molecule has 1 aliphatic rings. The predicted octanol–water partition coefficient (Wildman–Crippen LogP) is 1.54. The van der Waals surface area contributed by atoms with E-state index >= 15 is 0 Å². The highest BCUT2D eigenvalue weighted by Gasteiger charge is 2.58. The zero-order chi connectivity index (χ0) is 19.3. The quantitative estimate of drug-likeness (QED) is 0.823. The number of aromatic nitrogens is 4. The normalized spacial score (nSPS) is 22.8. The molecular formula is C15H20F2N6O3. The smallest absolute Gasteiger partial charge is 0.412 e. The van der Waals surface area contributed by atoms with Gasteiger partial charge in [0.25, 0.3) is 5.92 Å². The lowest BCUT2D eigenvalue weighted by Crippen LogP contribution is -2.45. The summed E-state index contributed by atoms with van der Waals surface area (Å²) < 4.78 is 36.0. The highest BCUT2D eigenvalue weighted by atomic mass is 19.3. The molecule has 1 aliphatic heterocycles. The number of alkyl halides is 2. The molecule has 0 radical (unpaired) electrons. The SMILES string of the molecule is CC(C)(C)OC(=O)N1[C@H](CO)CC(F)(F)[C@@H]1n1cnc2ncnc(N)c21. The first kappa shape index (κ1) is 18.2. The molecule has 2 aromatic heterocycles. The van der Waals surface area contributed by atoms with Crippen molar-refractivity contribution < 1.29 is 23.4 Å². The number of nitrogen functional groups attached to an aromatic ring is 1. The van der Waals surface area contributed by atoms with Gasteiger partial charge in [0, 0.05) is 6.42 Å². The number of halogens is 2. The number of hydrogen-bond donors (Lipinski definition) is 2. The molecule has 3 rings (SSSR count). The molecular weight excluding hydrogens is 350 g/mol. The molecule has 0 aromatic carbocycles. The lowest BCUT2D eigenvalue weighted by Gasteiger charge is -2.33. The van der Waals surface area contributed by atoms with Crippen LogP contribution >= 0.6 is 0 Å². The van der Waals surface area contributed by atoms with Crippen LogP contribution in [-0.2, 0) is 4.74 Å². The third-order valence-corrected chi connectivity index (χ3v) is 4.01. The Kier molecular flexibility index (Phi) is 4.21. The molecule has 2 atom stereocenters. The first-order valence-electron chi connectivity index (χ1n) is 7.98. The summed E-state index contributed by atoms with van der Waals surface area (Å²) in [6.07, 6.45) is -1.15. The van der Waals surface area contributed by atoms with E-state index in [4.69, 9.17) is 10.5 Å². The highest BCUT2D eigenvalue weighted by molar-refractivity contribution is 5.82. The summed E-state index contributed by atoms with van der Waals surface area (Å²) in [5.74, 6) is -3.39. The average Bonchev–Trinajstić information content (AvgIpc) is 3.04. The standard InChI is InChI=1S/C15H20F2N6O3/c1-14(2,3)26-13(25)23-8(5-24)4-15(16,17)12(23)22-7-21-11-9(22)10(18)19-6-20-11/h6-8,12,24H,4-5H2,1-3H3,(H2,18,19,20)/t8-,12+/m0/s1. The number of aliphatic hydroxyl groups is 1. The molecule has 0 aliphatic carbocycles. The third kappa shape index (κ3) is 3.02. The van der Waals surface area contributed by atoms with Crippen LogP contribution in [0.5, 0.6) is 0 Å². The number of carbonyl (C=O) groups excluding carboxylic acids is 1. The zero-order valence-electron chi connectivity index (χ0n) is 14.6. The molecule has 3 heterocycles. The molecule has 1 amide bonds. The van der Waals surface area contributed by atoms with E-state index in [2.05, 4.69) is 15.0 Å². The van der Waals surface area contributed by atoms with Gasteiger partial charge in [-0.25, -0.2) is 28.5 Å². The highest BCUT2D eigenvalue weighted by Crippen LogP contribution is 2.46. The number of hydrogen-bond acceptors (Lipinski definition) is 7. The van der Waals surface area contributed by atoms with E-state index in [9.17, 15) is 18.7 Å². The number of rotatable bonds is 2. The van der Waals surface area contributed by atoms with Crippen LogP contribution in [0.25, 0.3) is 11.2 Å². The second-order valence-corrected chi connectivity index (χ2v) is 7.15. The molecule has 26 heavy (non-hydrogen) atoms. The topological polar surface area (TPSA) is 119 Å². The molecule has 0 bridgehead atoms. The van der Waals surface area contributed by atoms with Crippen molar-refractivity contribution in [3.63, 3.8) is 0 Å². The van der Waals surface area contributed by atoms with Crippen LogP contribution in [0.1, 0.15) is 33.4 Å². The molecule has 2 aromatic rings. The van der Waals surface area contributed by atoms with Gasteiger partial charge in [0.15, 0.2) is 17.6 Å². The molecule has 142 valence electrons. The Hall–Kier alpha value is -2.56. The minimum absolute atomic E-state index is 0.0418. The van der Waals surface area contributed by atoms with E-state index in [-0.39, 0.29) is 17.0 Å². The van der Waals surface area contributed by atoms with E-state index in [0.29, 0.717) is 0 Å². The van der Waals surface area contributed by atoms with E-state index < -0.39 is 42.9 Å². The summed E-state index contributed by atoms with van der Waals surface area (Å²) >= 11 is 0. The van der Waals surface area contributed by atoms with Crippen molar-refractivity contribution in [2.75, 3.05) is 12.3 Å². The van der Waals surface area contributed by atoms with Crippen molar-refractivity contribution in [3.05, 3.63) is 12.7 Å². The number of amides is 1. The van der Waals surface area contributed by atoms with Gasteiger partial charge in [0.2, 0.25) is 0 Å². The van der Waals surface area contributed by atoms with Crippen molar-refractivity contribution in [2.24, 2.45) is 0 Å². The van der Waals surface area contributed by atoms with E-state index in [1.54, 1.807) is 20.8 Å². The molecule has 0 saturated carbocycles. The van der Waals surface area contributed by atoms with Gasteiger partial charge in [-0.05, 0) is 20.8 Å². The number of imidazole rings is 1. The van der Waals surface area contributed by atoms with E-state index in [1.807, 2.05) is 0 Å². The Morgan fingerprint density at radius 1 is 1.42 bits per heavy atom. The van der Waals surface area contributed by atoms with E-state index in [0.717, 1.165) is 15.8 Å². The fourth-order valence-electron chi connectivity index (χ4n) is 3.06. The summed E-state index contributed by atoms with van der Waals surface area (Å²) in [7, 11) is 0. The fourth-order valence-corrected chi connectivity index (χ4v) is 3.06. The van der Waals surface area contributed by atoms with Crippen molar-refractivity contribution >= 4 is 23.1 Å². The lowest BCUT2D eigenvalue weighted by molar-refractivity contribution is -0.0678. The molecule has 9 nitrogen and oxygen atoms in total. The molecule has 3 N–H and O–H groups in total. The maximum Gasteiger partial charge on any atom is 0.412 e. The summed E-state index contributed by atoms with van der Waals surface area (Å²) in [5.41, 5.74) is 5.13. The van der Waals surface area contributed by atoms with E-state index in [1.165, 1.54) is 6.33 Å². The van der Waals surface area contributed by atoms with Gasteiger partial charge in [0.1, 0.15) is 17.4 Å². The van der Waals surface area contributed by atoms with Crippen LogP contribution < -0.4 is 5.73 Å². The van der Waals surface area contributed by atoms with Crippen molar-refractivity contribution in [2.45, 2.75) is 50.9 Å². The summed E-state index contributed by atoms with van der Waals surface area (Å²) in [5, 5.41) is 9.54. The van der Waals surface area contributed by atoms with Gasteiger partial charge in [-0.2, -0.15) is 0 Å². The van der Waals surface area contributed by atoms with Gasteiger partial charge < -0.3 is 15.6 Å². The third-order valence-electron chi connectivity index (χ3n) is 4.01. The number of nitrogens with two attached hydrogens (primary N) is 1. The first-order valence-corrected chi connectivity index (χ1v) is 7.98. The largest absolute Gasteiger partial charge is 0.444 e. The molecule has 1 saturated heterocycles. The predicted molar refractivity (Wildman–Crippen MR) is 87.3 cm³/mol. The number of nitrogens with zero attached hydrogens (tertiary/aromatic N) is 5. The second kappa shape index (κ2) is 6.01. The van der Waals surface area contributed by atoms with Gasteiger partial charge in [-0.1, -0.05) is 0 Å². The second-order valence-electron chi connectivity index (χ2n) is 7.15.